The summed E-state index contributed by atoms with van der Waals surface area (Å²) < 4.78 is 3.84. The lowest BCUT2D eigenvalue weighted by molar-refractivity contribution is -0.123. The minimum absolute atomic E-state index is 0.0394. The van der Waals surface area contributed by atoms with E-state index >= 15 is 0 Å². The third kappa shape index (κ3) is 4.77. The fourth-order valence-electron chi connectivity index (χ4n) is 3.02. The van der Waals surface area contributed by atoms with E-state index in [1.807, 2.05) is 0 Å². The fraction of sp³-hybridized carbons (Fsp3) is 0.556. The van der Waals surface area contributed by atoms with Gasteiger partial charge < -0.3 is 21.7 Å². The van der Waals surface area contributed by atoms with E-state index in [2.05, 4.69) is 15.6 Å². The number of carbonyl (C=O) groups is 3. The second-order valence-electron chi connectivity index (χ2n) is 7.14. The molecule has 0 aromatic carbocycles. The van der Waals surface area contributed by atoms with Crippen LogP contribution in [0.4, 0.5) is 5.69 Å². The number of hydrogen-bond donors (Lipinski definition) is 3. The van der Waals surface area contributed by atoms with Gasteiger partial charge in [-0.25, -0.2) is 0 Å². The SMILES string of the molecule is C#CC(C)(C)N(CC(=O)NC1CCCCC1)C(=O)c1snc(C(N)=O)c1N. The third-order valence-electron chi connectivity index (χ3n) is 4.70. The Morgan fingerprint density at radius 3 is 2.48 bits per heavy atom. The molecule has 2 rings (SSSR count). The third-order valence-corrected chi connectivity index (χ3v) is 5.55. The van der Waals surface area contributed by atoms with E-state index in [9.17, 15) is 14.4 Å². The van der Waals surface area contributed by atoms with Gasteiger partial charge in [0.15, 0.2) is 5.69 Å². The summed E-state index contributed by atoms with van der Waals surface area (Å²) in [6.45, 7) is 3.10. The summed E-state index contributed by atoms with van der Waals surface area (Å²) in [7, 11) is 0. The van der Waals surface area contributed by atoms with Gasteiger partial charge in [-0.15, -0.1) is 6.42 Å². The normalized spacial score (nSPS) is 15.0. The van der Waals surface area contributed by atoms with E-state index in [4.69, 9.17) is 17.9 Å². The van der Waals surface area contributed by atoms with Gasteiger partial charge in [0.25, 0.3) is 11.8 Å². The zero-order valence-corrected chi connectivity index (χ0v) is 16.4. The average molecular weight is 391 g/mol. The number of aromatic nitrogens is 1. The largest absolute Gasteiger partial charge is 0.395 e. The lowest BCUT2D eigenvalue weighted by atomic mass is 9.95. The molecule has 0 saturated heterocycles. The Labute approximate surface area is 162 Å². The van der Waals surface area contributed by atoms with E-state index in [1.165, 1.54) is 11.3 Å². The summed E-state index contributed by atoms with van der Waals surface area (Å²) in [6.07, 6.45) is 10.8. The van der Waals surface area contributed by atoms with E-state index in [0.29, 0.717) is 0 Å². The van der Waals surface area contributed by atoms with Crippen LogP contribution in [0.25, 0.3) is 0 Å². The lowest BCUT2D eigenvalue weighted by Gasteiger charge is -2.34. The van der Waals surface area contributed by atoms with Crippen LogP contribution in [-0.2, 0) is 4.79 Å². The monoisotopic (exact) mass is 391 g/mol. The summed E-state index contributed by atoms with van der Waals surface area (Å²) in [4.78, 5) is 38.2. The van der Waals surface area contributed by atoms with E-state index in [-0.39, 0.29) is 34.8 Å². The smallest absolute Gasteiger partial charge is 0.270 e. The Morgan fingerprint density at radius 2 is 1.96 bits per heavy atom. The van der Waals surface area contributed by atoms with Gasteiger partial charge in [-0.2, -0.15) is 4.37 Å². The molecule has 0 unspecified atom stereocenters. The molecule has 9 heteroatoms. The highest BCUT2D eigenvalue weighted by Gasteiger charge is 2.35. The van der Waals surface area contributed by atoms with Crippen LogP contribution >= 0.6 is 11.5 Å². The molecule has 1 heterocycles. The summed E-state index contributed by atoms with van der Waals surface area (Å²) in [5, 5.41) is 2.97. The molecule has 1 aromatic heterocycles. The number of nitrogens with one attached hydrogen (secondary N) is 1. The number of hydrogen-bond acceptors (Lipinski definition) is 6. The molecule has 0 atom stereocenters. The average Bonchev–Trinajstić information content (AvgIpc) is 3.01. The van der Waals surface area contributed by atoms with Gasteiger partial charge in [0.2, 0.25) is 5.91 Å². The van der Waals surface area contributed by atoms with Gasteiger partial charge in [-0.3, -0.25) is 14.4 Å². The Bertz CT molecular complexity index is 774. The summed E-state index contributed by atoms with van der Waals surface area (Å²) in [5.74, 6) is 0.871. The molecular weight excluding hydrogens is 366 g/mol. The predicted molar refractivity (Wildman–Crippen MR) is 104 cm³/mol. The van der Waals surface area contributed by atoms with Gasteiger partial charge >= 0.3 is 0 Å². The maximum Gasteiger partial charge on any atom is 0.270 e. The Balaban J connectivity index is 2.21. The number of rotatable bonds is 6. The molecule has 0 spiro atoms. The highest BCUT2D eigenvalue weighted by molar-refractivity contribution is 7.09. The minimum Gasteiger partial charge on any atom is -0.395 e. The topological polar surface area (TPSA) is 131 Å². The first-order chi connectivity index (χ1) is 12.7. The van der Waals surface area contributed by atoms with E-state index in [1.54, 1.807) is 13.8 Å². The van der Waals surface area contributed by atoms with Crippen LogP contribution < -0.4 is 16.8 Å². The van der Waals surface area contributed by atoms with Crippen LogP contribution in [0.1, 0.15) is 66.1 Å². The molecule has 1 saturated carbocycles. The minimum atomic E-state index is -1.04. The molecule has 8 nitrogen and oxygen atoms in total. The highest BCUT2D eigenvalue weighted by Crippen LogP contribution is 2.26. The first-order valence-corrected chi connectivity index (χ1v) is 9.58. The molecule has 0 aliphatic heterocycles. The molecule has 0 radical (unpaired) electrons. The van der Waals surface area contributed by atoms with E-state index < -0.39 is 17.4 Å². The molecule has 27 heavy (non-hydrogen) atoms. The van der Waals surface area contributed by atoms with Crippen molar-refractivity contribution in [3.05, 3.63) is 10.6 Å². The molecule has 146 valence electrons. The van der Waals surface area contributed by atoms with Gasteiger partial charge in [-0.05, 0) is 38.2 Å². The molecule has 1 aliphatic carbocycles. The van der Waals surface area contributed by atoms with Crippen molar-refractivity contribution in [2.45, 2.75) is 57.5 Å². The second kappa shape index (κ2) is 8.39. The number of primary amides is 1. The molecule has 5 N–H and O–H groups in total. The Morgan fingerprint density at radius 1 is 1.33 bits per heavy atom. The Kier molecular flexibility index (Phi) is 6.44. The van der Waals surface area contributed by atoms with Crippen molar-refractivity contribution in [2.75, 3.05) is 12.3 Å². The number of nitrogen functional groups attached to an aromatic ring is 1. The lowest BCUT2D eigenvalue weighted by Crippen LogP contribution is -2.52. The van der Waals surface area contributed by atoms with Crippen LogP contribution in [0.3, 0.4) is 0 Å². The molecule has 1 aliphatic rings. The summed E-state index contributed by atoms with van der Waals surface area (Å²) >= 11 is 0.763. The molecule has 1 aromatic rings. The quantitative estimate of drug-likeness (QED) is 0.626. The molecule has 1 fully saturated rings. The van der Waals surface area contributed by atoms with Crippen LogP contribution in [0.2, 0.25) is 0 Å². The number of amides is 3. The van der Waals surface area contributed by atoms with Crippen molar-refractivity contribution < 1.29 is 14.4 Å². The maximum absolute atomic E-state index is 13.0. The number of nitrogens with zero attached hydrogens (tertiary/aromatic N) is 2. The fourth-order valence-corrected chi connectivity index (χ4v) is 3.77. The van der Waals surface area contributed by atoms with Gasteiger partial charge in [-0.1, -0.05) is 25.2 Å². The van der Waals surface area contributed by atoms with Crippen molar-refractivity contribution in [1.82, 2.24) is 14.6 Å². The zero-order valence-electron chi connectivity index (χ0n) is 15.6. The van der Waals surface area contributed by atoms with Crippen LogP contribution in [0, 0.1) is 12.3 Å². The Hall–Kier alpha value is -2.60. The van der Waals surface area contributed by atoms with E-state index in [0.717, 1.165) is 37.2 Å². The number of terminal acetylenes is 1. The van der Waals surface area contributed by atoms with Crippen LogP contribution in [0.5, 0.6) is 0 Å². The standard InChI is InChI=1S/C18H25N5O3S/c1-4-18(2,3)23(10-12(24)21-11-8-6-5-7-9-11)17(26)15-13(19)14(16(20)25)22-27-15/h1,11H,5-10,19H2,2-3H3,(H2,20,25)(H,21,24). The highest BCUT2D eigenvalue weighted by atomic mass is 32.1. The summed E-state index contributed by atoms with van der Waals surface area (Å²) in [6, 6.07) is 0.118. The van der Waals surface area contributed by atoms with Crippen molar-refractivity contribution in [3.8, 4) is 12.3 Å². The molecule has 3 amide bonds. The van der Waals surface area contributed by atoms with Crippen LogP contribution in [-0.4, -0.2) is 45.1 Å². The number of anilines is 1. The van der Waals surface area contributed by atoms with Crippen molar-refractivity contribution in [1.29, 1.82) is 0 Å². The molecular formula is C18H25N5O3S. The number of nitrogens with two attached hydrogens (primary N) is 2. The van der Waals surface area contributed by atoms with Crippen molar-refractivity contribution >= 4 is 34.9 Å². The second-order valence-corrected chi connectivity index (χ2v) is 7.91. The van der Waals surface area contributed by atoms with Crippen LogP contribution in [0.15, 0.2) is 0 Å². The first kappa shape index (κ1) is 20.7. The van der Waals surface area contributed by atoms with Gasteiger partial charge in [0, 0.05) is 6.04 Å². The number of carbonyl (C=O) groups excluding carboxylic acids is 3. The van der Waals surface area contributed by atoms with Crippen molar-refractivity contribution in [2.24, 2.45) is 5.73 Å². The maximum atomic E-state index is 13.0. The van der Waals surface area contributed by atoms with Gasteiger partial charge in [0.05, 0.1) is 11.2 Å². The van der Waals surface area contributed by atoms with Crippen molar-refractivity contribution in [3.63, 3.8) is 0 Å². The summed E-state index contributed by atoms with van der Waals surface area (Å²) in [5.41, 5.74) is 9.77. The predicted octanol–water partition coefficient (Wildman–Crippen LogP) is 1.13. The first-order valence-electron chi connectivity index (χ1n) is 8.81. The zero-order chi connectivity index (χ0) is 20.2. The van der Waals surface area contributed by atoms with Gasteiger partial charge in [0.1, 0.15) is 11.4 Å². The molecule has 0 bridgehead atoms.